The van der Waals surface area contributed by atoms with E-state index in [0.29, 0.717) is 17.5 Å². The van der Waals surface area contributed by atoms with E-state index in [1.807, 2.05) is 36.0 Å². The van der Waals surface area contributed by atoms with Gasteiger partial charge in [0, 0.05) is 26.5 Å². The third-order valence-corrected chi connectivity index (χ3v) is 12.4. The monoisotopic (exact) mass is 731 g/mol. The Kier molecular flexibility index (Phi) is 7.64. The van der Waals surface area contributed by atoms with E-state index < -0.39 is 5.41 Å². The third kappa shape index (κ3) is 5.10. The van der Waals surface area contributed by atoms with Crippen molar-refractivity contribution in [3.05, 3.63) is 222 Å². The van der Waals surface area contributed by atoms with Crippen LogP contribution in [0.4, 0.5) is 0 Å². The summed E-state index contributed by atoms with van der Waals surface area (Å²) >= 11 is 1.88. The van der Waals surface area contributed by atoms with Crippen LogP contribution >= 0.6 is 11.8 Å². The van der Waals surface area contributed by atoms with Gasteiger partial charge in [0.05, 0.1) is 5.41 Å². The molecule has 0 atom stereocenters. The Morgan fingerprint density at radius 3 is 1.43 bits per heavy atom. The van der Waals surface area contributed by atoms with Crippen molar-refractivity contribution >= 4 is 11.8 Å². The summed E-state index contributed by atoms with van der Waals surface area (Å²) in [6.07, 6.45) is 0. The van der Waals surface area contributed by atoms with E-state index in [2.05, 4.69) is 176 Å². The van der Waals surface area contributed by atoms with Gasteiger partial charge >= 0.3 is 0 Å². The van der Waals surface area contributed by atoms with Crippen LogP contribution in [0.1, 0.15) is 22.3 Å². The van der Waals surface area contributed by atoms with Gasteiger partial charge in [0.25, 0.3) is 0 Å². The van der Waals surface area contributed by atoms with E-state index in [4.69, 9.17) is 15.0 Å². The van der Waals surface area contributed by atoms with Gasteiger partial charge in [-0.15, -0.1) is 0 Å². The van der Waals surface area contributed by atoms with Crippen molar-refractivity contribution in [2.24, 2.45) is 0 Å². The Hall–Kier alpha value is -6.88. The maximum absolute atomic E-state index is 5.10. The molecular weight excluding hydrogens is 699 g/mol. The quantitative estimate of drug-likeness (QED) is 0.177. The number of hydrogen-bond acceptors (Lipinski definition) is 4. The van der Waals surface area contributed by atoms with Crippen LogP contribution in [0.2, 0.25) is 0 Å². The molecule has 0 saturated heterocycles. The molecule has 0 N–H and O–H groups in total. The van der Waals surface area contributed by atoms with E-state index in [-0.39, 0.29) is 0 Å². The lowest BCUT2D eigenvalue weighted by molar-refractivity contribution is 0.723. The smallest absolute Gasteiger partial charge is 0.164 e. The number of hydrogen-bond donors (Lipinski definition) is 0. The summed E-state index contributed by atoms with van der Waals surface area (Å²) in [7, 11) is 0. The first kappa shape index (κ1) is 32.5. The highest BCUT2D eigenvalue weighted by Crippen LogP contribution is 2.63. The fraction of sp³-hybridized carbons (Fsp3) is 0.0192. The first-order chi connectivity index (χ1) is 27.8. The van der Waals surface area contributed by atoms with Crippen LogP contribution in [0.3, 0.4) is 0 Å². The molecule has 0 fully saturated rings. The molecule has 1 spiro atoms. The Morgan fingerprint density at radius 2 is 0.750 bits per heavy atom. The average molecular weight is 732 g/mol. The summed E-state index contributed by atoms with van der Waals surface area (Å²) in [6, 6.07) is 71.5. The molecule has 56 heavy (non-hydrogen) atoms. The average Bonchev–Trinajstić information content (AvgIpc) is 3.57. The zero-order valence-electron chi connectivity index (χ0n) is 30.3. The lowest BCUT2D eigenvalue weighted by Crippen LogP contribution is -2.32. The Labute approximate surface area is 330 Å². The summed E-state index contributed by atoms with van der Waals surface area (Å²) in [5, 5.41) is 0. The molecule has 9 aromatic rings. The highest BCUT2D eigenvalue weighted by atomic mass is 32.2. The standard InChI is InChI=1S/C52H33N3S/c1-3-15-34(16-4-1)38-19-13-20-39(33-38)51-54-49(36-17-5-2-6-18-36)53-50(55-51)37-31-29-35(30-32-37)40-23-14-27-46-48(40)56-47-28-12-11-26-45(47)52(46)43-24-9-7-21-41(43)42-22-8-10-25-44(42)52/h1-33H. The molecule has 11 rings (SSSR count). The molecule has 3 nitrogen and oxygen atoms in total. The van der Waals surface area contributed by atoms with Gasteiger partial charge in [-0.3, -0.25) is 0 Å². The summed E-state index contributed by atoms with van der Waals surface area (Å²) < 4.78 is 0. The Balaban J connectivity index is 1.04. The second kappa shape index (κ2) is 13.2. The van der Waals surface area contributed by atoms with Crippen molar-refractivity contribution in [3.8, 4) is 67.5 Å². The van der Waals surface area contributed by atoms with Crippen LogP contribution in [0.25, 0.3) is 67.5 Å². The van der Waals surface area contributed by atoms with Gasteiger partial charge in [-0.2, -0.15) is 0 Å². The molecule has 1 aromatic heterocycles. The van der Waals surface area contributed by atoms with Gasteiger partial charge < -0.3 is 0 Å². The molecule has 0 amide bonds. The van der Waals surface area contributed by atoms with Crippen molar-refractivity contribution in [1.82, 2.24) is 15.0 Å². The minimum atomic E-state index is -0.409. The van der Waals surface area contributed by atoms with Crippen LogP contribution < -0.4 is 0 Å². The van der Waals surface area contributed by atoms with Crippen LogP contribution in [-0.4, -0.2) is 15.0 Å². The molecule has 4 heteroatoms. The molecule has 262 valence electrons. The number of fused-ring (bicyclic) bond motifs is 9. The fourth-order valence-corrected chi connectivity index (χ4v) is 10.0. The first-order valence-corrected chi connectivity index (χ1v) is 19.8. The molecule has 1 aliphatic carbocycles. The minimum Gasteiger partial charge on any atom is -0.208 e. The lowest BCUT2D eigenvalue weighted by atomic mass is 9.67. The van der Waals surface area contributed by atoms with E-state index >= 15 is 0 Å². The molecule has 0 bridgehead atoms. The molecule has 8 aromatic carbocycles. The molecular formula is C52H33N3S. The number of nitrogens with zero attached hydrogens (tertiary/aromatic N) is 3. The Morgan fingerprint density at radius 1 is 0.304 bits per heavy atom. The van der Waals surface area contributed by atoms with Crippen LogP contribution in [0.15, 0.2) is 210 Å². The van der Waals surface area contributed by atoms with Crippen molar-refractivity contribution in [1.29, 1.82) is 0 Å². The van der Waals surface area contributed by atoms with Crippen molar-refractivity contribution in [2.75, 3.05) is 0 Å². The van der Waals surface area contributed by atoms with Crippen molar-refractivity contribution in [3.63, 3.8) is 0 Å². The van der Waals surface area contributed by atoms with E-state index in [0.717, 1.165) is 33.4 Å². The highest BCUT2D eigenvalue weighted by molar-refractivity contribution is 7.99. The number of benzene rings is 8. The third-order valence-electron chi connectivity index (χ3n) is 11.2. The predicted octanol–water partition coefficient (Wildman–Crippen LogP) is 13.0. The summed E-state index contributed by atoms with van der Waals surface area (Å²) in [5.41, 5.74) is 15.0. The minimum absolute atomic E-state index is 0.409. The van der Waals surface area contributed by atoms with Gasteiger partial charge in [0.15, 0.2) is 17.5 Å². The van der Waals surface area contributed by atoms with Gasteiger partial charge in [-0.05, 0) is 67.8 Å². The van der Waals surface area contributed by atoms with E-state index in [1.165, 1.54) is 48.7 Å². The maximum atomic E-state index is 5.10. The summed E-state index contributed by atoms with van der Waals surface area (Å²) in [5.74, 6) is 1.93. The van der Waals surface area contributed by atoms with Crippen molar-refractivity contribution < 1.29 is 0 Å². The highest BCUT2D eigenvalue weighted by Gasteiger charge is 2.50. The summed E-state index contributed by atoms with van der Waals surface area (Å²) in [4.78, 5) is 17.7. The number of rotatable bonds is 5. The summed E-state index contributed by atoms with van der Waals surface area (Å²) in [6.45, 7) is 0. The van der Waals surface area contributed by atoms with Gasteiger partial charge in [-0.1, -0.05) is 200 Å². The van der Waals surface area contributed by atoms with Gasteiger partial charge in [0.1, 0.15) is 0 Å². The van der Waals surface area contributed by atoms with Crippen LogP contribution in [-0.2, 0) is 5.41 Å². The zero-order valence-corrected chi connectivity index (χ0v) is 31.1. The molecule has 1 aliphatic heterocycles. The van der Waals surface area contributed by atoms with Crippen molar-refractivity contribution in [2.45, 2.75) is 15.2 Å². The van der Waals surface area contributed by atoms with Crippen LogP contribution in [0, 0.1) is 0 Å². The molecule has 2 heterocycles. The van der Waals surface area contributed by atoms with Gasteiger partial charge in [0.2, 0.25) is 0 Å². The predicted molar refractivity (Wildman–Crippen MR) is 228 cm³/mol. The van der Waals surface area contributed by atoms with Gasteiger partial charge in [-0.25, -0.2) is 15.0 Å². The lowest BCUT2D eigenvalue weighted by Gasteiger charge is -2.40. The fourth-order valence-electron chi connectivity index (χ4n) is 8.72. The Bertz CT molecular complexity index is 2890. The van der Waals surface area contributed by atoms with Crippen LogP contribution in [0.5, 0.6) is 0 Å². The molecule has 0 unspecified atom stereocenters. The topological polar surface area (TPSA) is 38.7 Å². The molecule has 0 saturated carbocycles. The normalized spacial score (nSPS) is 13.1. The second-order valence-corrected chi connectivity index (χ2v) is 15.4. The SMILES string of the molecule is c1ccc(-c2cccc(-c3nc(-c4ccccc4)nc(-c4ccc(-c5cccc6c5Sc5ccccc5C65c6ccccc6-c6ccccc65)cc4)n3)c2)cc1. The van der Waals surface area contributed by atoms with E-state index in [1.54, 1.807) is 0 Å². The zero-order chi connectivity index (χ0) is 37.1. The molecule has 0 radical (unpaired) electrons. The first-order valence-electron chi connectivity index (χ1n) is 18.9. The largest absolute Gasteiger partial charge is 0.208 e. The van der Waals surface area contributed by atoms with E-state index in [9.17, 15) is 0 Å². The number of aromatic nitrogens is 3. The maximum Gasteiger partial charge on any atom is 0.164 e. The second-order valence-electron chi connectivity index (χ2n) is 14.3. The molecule has 2 aliphatic rings.